The van der Waals surface area contributed by atoms with E-state index in [0.717, 1.165) is 35.3 Å². The monoisotopic (exact) mass is 442 g/mol. The molecule has 0 aromatic heterocycles. The molecule has 0 amide bonds. The molecule has 6 nitrogen and oxygen atoms in total. The first-order valence-corrected chi connectivity index (χ1v) is 11.3. The number of aliphatic hydroxyl groups excluding tert-OH is 2. The molecule has 0 bridgehead atoms. The minimum Gasteiger partial charge on any atom is -0.491 e. The molecule has 176 valence electrons. The molecule has 3 rings (SSSR count). The van der Waals surface area contributed by atoms with Gasteiger partial charge in [0.2, 0.25) is 0 Å². The number of β-amino-alcohol motifs (C(OH)–C–C–N with tert-alkyl or cyclic N) is 1. The summed E-state index contributed by atoms with van der Waals surface area (Å²) in [7, 11) is 0. The molecule has 32 heavy (non-hydrogen) atoms. The van der Waals surface area contributed by atoms with Crippen molar-refractivity contribution in [1.29, 1.82) is 0 Å². The largest absolute Gasteiger partial charge is 0.491 e. The van der Waals surface area contributed by atoms with Crippen LogP contribution in [0, 0.1) is 0 Å². The van der Waals surface area contributed by atoms with Crippen molar-refractivity contribution in [2.45, 2.75) is 70.7 Å². The standard InChI is InChI=1S/C17H25NO3.C9H13NO/c1-17(2,3)18-10-12(19)11-21-16-9-5-6-13-14(16)7-4-8-15(13)20;1-7(10)9(11)8-5-3-2-4-6-8/h5-6,9,12,18-19H,4,7-8,10-11H2,1-3H3;2-7,9,11H,10H2,1H3/t12-;7-,9-/m01/s1. The molecular formula is C26H38N2O4. The smallest absolute Gasteiger partial charge is 0.163 e. The Balaban J connectivity index is 0.000000278. The van der Waals surface area contributed by atoms with Gasteiger partial charge in [0.15, 0.2) is 5.78 Å². The van der Waals surface area contributed by atoms with Crippen molar-refractivity contribution in [1.82, 2.24) is 5.32 Å². The molecule has 1 aliphatic rings. The molecule has 0 saturated heterocycles. The first-order chi connectivity index (χ1) is 15.1. The number of ether oxygens (including phenoxy) is 1. The van der Waals surface area contributed by atoms with E-state index in [4.69, 9.17) is 10.5 Å². The fraction of sp³-hybridized carbons (Fsp3) is 0.500. The molecular weight excluding hydrogens is 404 g/mol. The van der Waals surface area contributed by atoms with Crippen molar-refractivity contribution >= 4 is 5.78 Å². The number of ketones is 1. The third kappa shape index (κ3) is 8.36. The van der Waals surface area contributed by atoms with Gasteiger partial charge in [-0.15, -0.1) is 0 Å². The minimum absolute atomic E-state index is 0.0285. The van der Waals surface area contributed by atoms with E-state index < -0.39 is 12.2 Å². The van der Waals surface area contributed by atoms with Crippen LogP contribution in [-0.4, -0.2) is 46.8 Å². The molecule has 0 unspecified atom stereocenters. The van der Waals surface area contributed by atoms with Gasteiger partial charge in [-0.1, -0.05) is 42.5 Å². The second-order valence-electron chi connectivity index (χ2n) is 9.37. The van der Waals surface area contributed by atoms with E-state index in [2.05, 4.69) is 26.1 Å². The highest BCUT2D eigenvalue weighted by Crippen LogP contribution is 2.29. The van der Waals surface area contributed by atoms with E-state index in [1.807, 2.05) is 48.5 Å². The highest BCUT2D eigenvalue weighted by atomic mass is 16.5. The maximum Gasteiger partial charge on any atom is 0.163 e. The Labute approximate surface area is 191 Å². The SMILES string of the molecule is CC(C)(C)NC[C@H](O)COc1cccc2c1CCCC2=O.C[C@@H](N)[C@@H](O)c1ccccc1. The van der Waals surface area contributed by atoms with Crippen LogP contribution in [0.15, 0.2) is 48.5 Å². The number of benzene rings is 2. The molecule has 0 saturated carbocycles. The van der Waals surface area contributed by atoms with Crippen LogP contribution in [0.5, 0.6) is 5.75 Å². The second kappa shape index (κ2) is 12.1. The van der Waals surface area contributed by atoms with Crippen LogP contribution in [0.25, 0.3) is 0 Å². The van der Waals surface area contributed by atoms with Gasteiger partial charge < -0.3 is 26.0 Å². The fourth-order valence-electron chi connectivity index (χ4n) is 3.40. The summed E-state index contributed by atoms with van der Waals surface area (Å²) in [6.45, 7) is 8.67. The average Bonchev–Trinajstić information content (AvgIpc) is 2.76. The lowest BCUT2D eigenvalue weighted by Crippen LogP contribution is -2.42. The van der Waals surface area contributed by atoms with Crippen LogP contribution in [0.2, 0.25) is 0 Å². The Morgan fingerprint density at radius 2 is 1.75 bits per heavy atom. The van der Waals surface area contributed by atoms with Gasteiger partial charge in [0.25, 0.3) is 0 Å². The number of fused-ring (bicyclic) bond motifs is 1. The number of Topliss-reactive ketones (excluding diaryl/α,β-unsaturated/α-hetero) is 1. The summed E-state index contributed by atoms with van der Waals surface area (Å²) in [6.07, 6.45) is 1.25. The minimum atomic E-state index is -0.570. The lowest BCUT2D eigenvalue weighted by atomic mass is 9.90. The summed E-state index contributed by atoms with van der Waals surface area (Å²) in [5.41, 5.74) is 8.14. The van der Waals surface area contributed by atoms with E-state index >= 15 is 0 Å². The molecule has 1 aliphatic carbocycles. The lowest BCUT2D eigenvalue weighted by molar-refractivity contribution is 0.0957. The van der Waals surface area contributed by atoms with Crippen LogP contribution < -0.4 is 15.8 Å². The molecule has 0 aliphatic heterocycles. The van der Waals surface area contributed by atoms with Gasteiger partial charge in [0.1, 0.15) is 18.5 Å². The topological polar surface area (TPSA) is 105 Å². The quantitative estimate of drug-likeness (QED) is 0.524. The van der Waals surface area contributed by atoms with Crippen LogP contribution in [0.3, 0.4) is 0 Å². The van der Waals surface area contributed by atoms with Crippen molar-refractivity contribution < 1.29 is 19.7 Å². The third-order valence-electron chi connectivity index (χ3n) is 5.20. The number of rotatable bonds is 7. The van der Waals surface area contributed by atoms with E-state index in [1.54, 1.807) is 6.92 Å². The summed E-state index contributed by atoms with van der Waals surface area (Å²) in [5.74, 6) is 0.923. The van der Waals surface area contributed by atoms with Crippen molar-refractivity contribution in [3.63, 3.8) is 0 Å². The molecule has 2 aromatic rings. The average molecular weight is 443 g/mol. The Hall–Kier alpha value is -2.25. The molecule has 0 spiro atoms. The first-order valence-electron chi connectivity index (χ1n) is 11.3. The molecule has 2 aromatic carbocycles. The van der Waals surface area contributed by atoms with Crippen molar-refractivity contribution in [3.05, 3.63) is 65.2 Å². The number of hydrogen-bond acceptors (Lipinski definition) is 6. The summed E-state index contributed by atoms with van der Waals surface area (Å²) < 4.78 is 5.74. The highest BCUT2D eigenvalue weighted by molar-refractivity contribution is 5.99. The Kier molecular flexibility index (Phi) is 9.84. The molecule has 0 radical (unpaired) electrons. The second-order valence-corrected chi connectivity index (χ2v) is 9.37. The van der Waals surface area contributed by atoms with Gasteiger partial charge in [-0.05, 0) is 52.2 Å². The highest BCUT2D eigenvalue weighted by Gasteiger charge is 2.21. The molecule has 5 N–H and O–H groups in total. The van der Waals surface area contributed by atoms with Crippen molar-refractivity contribution in [2.24, 2.45) is 5.73 Å². The zero-order valence-electron chi connectivity index (χ0n) is 19.7. The number of hydrogen-bond donors (Lipinski definition) is 4. The van der Waals surface area contributed by atoms with Crippen LogP contribution in [0.1, 0.15) is 68.1 Å². The third-order valence-corrected chi connectivity index (χ3v) is 5.20. The maximum absolute atomic E-state index is 11.9. The Morgan fingerprint density at radius 3 is 2.38 bits per heavy atom. The molecule has 3 atom stereocenters. The van der Waals surface area contributed by atoms with Crippen molar-refractivity contribution in [2.75, 3.05) is 13.2 Å². The summed E-state index contributed by atoms with van der Waals surface area (Å²) in [5, 5.41) is 22.7. The predicted octanol–water partition coefficient (Wildman–Crippen LogP) is 3.40. The van der Waals surface area contributed by atoms with Gasteiger partial charge in [0, 0.05) is 35.7 Å². The molecule has 0 fully saturated rings. The molecule has 6 heteroatoms. The normalized spacial score (nSPS) is 16.3. The number of carbonyl (C=O) groups is 1. The maximum atomic E-state index is 11.9. The summed E-state index contributed by atoms with van der Waals surface area (Å²) in [4.78, 5) is 11.9. The van der Waals surface area contributed by atoms with Gasteiger partial charge in [-0.25, -0.2) is 0 Å². The van der Waals surface area contributed by atoms with Crippen LogP contribution >= 0.6 is 0 Å². The number of aliphatic hydroxyl groups is 2. The van der Waals surface area contributed by atoms with Crippen LogP contribution in [-0.2, 0) is 6.42 Å². The Bertz CT molecular complexity index is 847. The number of nitrogens with one attached hydrogen (secondary N) is 1. The summed E-state index contributed by atoms with van der Waals surface area (Å²) >= 11 is 0. The van der Waals surface area contributed by atoms with Crippen molar-refractivity contribution in [3.8, 4) is 5.75 Å². The lowest BCUT2D eigenvalue weighted by Gasteiger charge is -2.24. The van der Waals surface area contributed by atoms with E-state index in [9.17, 15) is 15.0 Å². The van der Waals surface area contributed by atoms with E-state index in [0.29, 0.717) is 13.0 Å². The number of carbonyl (C=O) groups excluding carboxylic acids is 1. The Morgan fingerprint density at radius 1 is 1.06 bits per heavy atom. The van der Waals surface area contributed by atoms with Gasteiger partial charge in [-0.3, -0.25) is 4.79 Å². The van der Waals surface area contributed by atoms with E-state index in [-0.39, 0.29) is 24.0 Å². The van der Waals surface area contributed by atoms with Gasteiger partial charge in [0.05, 0.1) is 6.10 Å². The summed E-state index contributed by atoms with van der Waals surface area (Å²) in [6, 6.07) is 14.8. The van der Waals surface area contributed by atoms with Crippen LogP contribution in [0.4, 0.5) is 0 Å². The fourth-order valence-corrected chi connectivity index (χ4v) is 3.40. The van der Waals surface area contributed by atoms with Gasteiger partial charge >= 0.3 is 0 Å². The zero-order valence-corrected chi connectivity index (χ0v) is 19.7. The first kappa shape index (κ1) is 26.0. The number of nitrogens with two attached hydrogens (primary N) is 1. The zero-order chi connectivity index (χ0) is 23.7. The van der Waals surface area contributed by atoms with Gasteiger partial charge in [-0.2, -0.15) is 0 Å². The predicted molar refractivity (Wildman–Crippen MR) is 128 cm³/mol. The van der Waals surface area contributed by atoms with E-state index in [1.165, 1.54) is 0 Å². The molecule has 0 heterocycles.